The molecule has 3 aromatic carbocycles. The fourth-order valence-corrected chi connectivity index (χ4v) is 4.32. The number of hydrogen-bond acceptors (Lipinski definition) is 3. The Morgan fingerprint density at radius 2 is 1.53 bits per heavy atom. The zero-order valence-corrected chi connectivity index (χ0v) is 17.3. The Hall–Kier alpha value is -3.99. The van der Waals surface area contributed by atoms with Gasteiger partial charge in [0.05, 0.1) is 16.6 Å². The van der Waals surface area contributed by atoms with Gasteiger partial charge < -0.3 is 10.2 Å². The molecule has 0 saturated heterocycles. The lowest BCUT2D eigenvalue weighted by molar-refractivity contribution is 0.0687. The summed E-state index contributed by atoms with van der Waals surface area (Å²) in [6.45, 7) is 0. The first-order chi connectivity index (χ1) is 15.5. The van der Waals surface area contributed by atoms with Crippen LogP contribution in [-0.4, -0.2) is 27.1 Å². The first-order valence-electron chi connectivity index (χ1n) is 10.6. The largest absolute Gasteiger partial charge is 0.478 e. The summed E-state index contributed by atoms with van der Waals surface area (Å²) in [4.78, 5) is 28.7. The van der Waals surface area contributed by atoms with Crippen LogP contribution in [0.1, 0.15) is 56.3 Å². The third kappa shape index (κ3) is 3.62. The summed E-state index contributed by atoms with van der Waals surface area (Å²) in [6.07, 6.45) is 2.52. The molecular weight excluding hydrogens is 402 g/mol. The molecular formula is C27H21NO4. The minimum atomic E-state index is -0.966. The van der Waals surface area contributed by atoms with Crippen LogP contribution in [0.25, 0.3) is 22.0 Å². The van der Waals surface area contributed by atoms with Gasteiger partial charge in [0.15, 0.2) is 0 Å². The summed E-state index contributed by atoms with van der Waals surface area (Å²) in [5.41, 5.74) is 5.40. The molecule has 0 spiro atoms. The topological polar surface area (TPSA) is 87.5 Å². The average molecular weight is 423 g/mol. The predicted molar refractivity (Wildman–Crippen MR) is 122 cm³/mol. The van der Waals surface area contributed by atoms with Gasteiger partial charge in [0.1, 0.15) is 0 Å². The number of carboxylic acid groups (broad SMARTS) is 2. The quantitative estimate of drug-likeness (QED) is 0.411. The van der Waals surface area contributed by atoms with E-state index in [0.29, 0.717) is 28.9 Å². The molecule has 0 amide bonds. The summed E-state index contributed by atoms with van der Waals surface area (Å²) >= 11 is 0. The Morgan fingerprint density at radius 3 is 2.22 bits per heavy atom. The highest BCUT2D eigenvalue weighted by molar-refractivity contribution is 6.04. The van der Waals surface area contributed by atoms with Crippen molar-refractivity contribution in [2.24, 2.45) is 0 Å². The number of aromatic carboxylic acids is 2. The lowest BCUT2D eigenvalue weighted by atomic mass is 9.92. The standard InChI is InChI=1S/C27H21NO4/c29-26(30)20-6-2-1-5-19(20)17-11-9-16(10-12-17)15-22-24(27(31)32)21-7-3-4-8-23(21)28-25(22)18-13-14-18/h1-12,18H,13-15H2,(H,29,30)(H,31,32). The summed E-state index contributed by atoms with van der Waals surface area (Å²) in [5.74, 6) is -1.59. The number of carbonyl (C=O) groups is 2. The highest BCUT2D eigenvalue weighted by Gasteiger charge is 2.31. The minimum Gasteiger partial charge on any atom is -0.478 e. The van der Waals surface area contributed by atoms with Crippen molar-refractivity contribution in [2.75, 3.05) is 0 Å². The van der Waals surface area contributed by atoms with E-state index in [4.69, 9.17) is 4.98 Å². The number of fused-ring (bicyclic) bond motifs is 1. The Bertz CT molecular complexity index is 1350. The Balaban J connectivity index is 1.57. The molecule has 1 saturated carbocycles. The molecule has 0 radical (unpaired) electrons. The minimum absolute atomic E-state index is 0.253. The molecule has 4 aromatic rings. The summed E-state index contributed by atoms with van der Waals surface area (Å²) in [6, 6.07) is 22.0. The van der Waals surface area contributed by atoms with Crippen LogP contribution in [0.2, 0.25) is 0 Å². The van der Waals surface area contributed by atoms with Crippen molar-refractivity contribution in [2.45, 2.75) is 25.2 Å². The maximum absolute atomic E-state index is 12.3. The molecule has 0 aliphatic heterocycles. The van der Waals surface area contributed by atoms with Gasteiger partial charge in [0, 0.05) is 23.4 Å². The predicted octanol–water partition coefficient (Wildman–Crippen LogP) is 5.77. The van der Waals surface area contributed by atoms with Crippen molar-refractivity contribution in [3.05, 3.63) is 101 Å². The zero-order valence-electron chi connectivity index (χ0n) is 17.3. The molecule has 1 aliphatic rings. The monoisotopic (exact) mass is 423 g/mol. The second kappa shape index (κ2) is 7.93. The van der Waals surface area contributed by atoms with E-state index in [1.54, 1.807) is 18.2 Å². The van der Waals surface area contributed by atoms with Crippen LogP contribution in [0.4, 0.5) is 0 Å². The first-order valence-corrected chi connectivity index (χ1v) is 10.6. The van der Waals surface area contributed by atoms with Crippen LogP contribution in [0.5, 0.6) is 0 Å². The number of pyridine rings is 1. The van der Waals surface area contributed by atoms with Gasteiger partial charge in [-0.1, -0.05) is 60.7 Å². The Morgan fingerprint density at radius 1 is 0.844 bits per heavy atom. The summed E-state index contributed by atoms with van der Waals surface area (Å²) < 4.78 is 0. The van der Waals surface area contributed by atoms with E-state index in [0.717, 1.165) is 40.7 Å². The van der Waals surface area contributed by atoms with Gasteiger partial charge in [-0.2, -0.15) is 0 Å². The number of carboxylic acids is 2. The van der Waals surface area contributed by atoms with Crippen LogP contribution in [0.15, 0.2) is 72.8 Å². The zero-order chi connectivity index (χ0) is 22.2. The van der Waals surface area contributed by atoms with Gasteiger partial charge in [-0.25, -0.2) is 9.59 Å². The lowest BCUT2D eigenvalue weighted by Gasteiger charge is -2.15. The number of rotatable bonds is 6. The van der Waals surface area contributed by atoms with E-state index in [9.17, 15) is 19.8 Å². The van der Waals surface area contributed by atoms with E-state index in [2.05, 4.69) is 0 Å². The van der Waals surface area contributed by atoms with Gasteiger partial charge in [-0.05, 0) is 47.2 Å². The number of benzene rings is 3. The number of nitrogens with zero attached hydrogens (tertiary/aromatic N) is 1. The lowest BCUT2D eigenvalue weighted by Crippen LogP contribution is -2.10. The van der Waals surface area contributed by atoms with E-state index in [1.807, 2.05) is 54.6 Å². The first kappa shape index (κ1) is 19.9. The number of para-hydroxylation sites is 1. The molecule has 32 heavy (non-hydrogen) atoms. The van der Waals surface area contributed by atoms with E-state index in [1.165, 1.54) is 0 Å². The van der Waals surface area contributed by atoms with Crippen molar-refractivity contribution in [3.63, 3.8) is 0 Å². The van der Waals surface area contributed by atoms with Gasteiger partial charge in [-0.15, -0.1) is 0 Å². The van der Waals surface area contributed by atoms with E-state index >= 15 is 0 Å². The molecule has 5 heteroatoms. The Labute approximate surface area is 185 Å². The highest BCUT2D eigenvalue weighted by atomic mass is 16.4. The second-order valence-electron chi connectivity index (χ2n) is 8.17. The van der Waals surface area contributed by atoms with Crippen molar-refractivity contribution >= 4 is 22.8 Å². The SMILES string of the molecule is O=C(O)c1ccccc1-c1ccc(Cc2c(C3CC3)nc3ccccc3c2C(=O)O)cc1. The van der Waals surface area contributed by atoms with Crippen LogP contribution in [-0.2, 0) is 6.42 Å². The molecule has 1 fully saturated rings. The second-order valence-corrected chi connectivity index (χ2v) is 8.17. The average Bonchev–Trinajstić information content (AvgIpc) is 3.64. The van der Waals surface area contributed by atoms with E-state index in [-0.39, 0.29) is 5.56 Å². The molecule has 2 N–H and O–H groups in total. The summed E-state index contributed by atoms with van der Waals surface area (Å²) in [7, 11) is 0. The van der Waals surface area contributed by atoms with Crippen LogP contribution >= 0.6 is 0 Å². The number of aromatic nitrogens is 1. The molecule has 158 valence electrons. The third-order valence-electron chi connectivity index (χ3n) is 6.01. The fourth-order valence-electron chi connectivity index (χ4n) is 4.32. The molecule has 1 aliphatic carbocycles. The maximum atomic E-state index is 12.3. The van der Waals surface area contributed by atoms with Gasteiger partial charge in [0.25, 0.3) is 0 Å². The Kier molecular flexibility index (Phi) is 4.94. The van der Waals surface area contributed by atoms with Crippen molar-refractivity contribution < 1.29 is 19.8 Å². The molecule has 0 atom stereocenters. The van der Waals surface area contributed by atoms with Gasteiger partial charge in [0.2, 0.25) is 0 Å². The van der Waals surface area contributed by atoms with Crippen molar-refractivity contribution in [3.8, 4) is 11.1 Å². The number of hydrogen-bond donors (Lipinski definition) is 2. The molecule has 1 heterocycles. The van der Waals surface area contributed by atoms with Gasteiger partial charge in [-0.3, -0.25) is 4.98 Å². The normalized spacial score (nSPS) is 13.2. The van der Waals surface area contributed by atoms with E-state index < -0.39 is 11.9 Å². The van der Waals surface area contributed by atoms with Crippen molar-refractivity contribution in [1.82, 2.24) is 4.98 Å². The highest BCUT2D eigenvalue weighted by Crippen LogP contribution is 2.43. The molecule has 1 aromatic heterocycles. The molecule has 5 nitrogen and oxygen atoms in total. The van der Waals surface area contributed by atoms with Crippen LogP contribution in [0, 0.1) is 0 Å². The van der Waals surface area contributed by atoms with Crippen LogP contribution < -0.4 is 0 Å². The third-order valence-corrected chi connectivity index (χ3v) is 6.01. The fraction of sp³-hybridized carbons (Fsp3) is 0.148. The molecule has 0 bridgehead atoms. The molecule has 0 unspecified atom stereocenters. The van der Waals surface area contributed by atoms with Crippen molar-refractivity contribution in [1.29, 1.82) is 0 Å². The van der Waals surface area contributed by atoms with Crippen LogP contribution in [0.3, 0.4) is 0 Å². The maximum Gasteiger partial charge on any atom is 0.336 e. The van der Waals surface area contributed by atoms with Gasteiger partial charge >= 0.3 is 11.9 Å². The smallest absolute Gasteiger partial charge is 0.336 e. The molecule has 5 rings (SSSR count). The summed E-state index contributed by atoms with van der Waals surface area (Å²) in [5, 5.41) is 20.2.